The lowest BCUT2D eigenvalue weighted by atomic mass is 9.68. The van der Waals surface area contributed by atoms with Crippen molar-refractivity contribution in [2.24, 2.45) is 0 Å². The second-order valence-electron chi connectivity index (χ2n) is 7.52. The quantitative estimate of drug-likeness (QED) is 0.772. The van der Waals surface area contributed by atoms with Gasteiger partial charge >= 0.3 is 0 Å². The molecule has 2 aliphatic carbocycles. The van der Waals surface area contributed by atoms with Crippen LogP contribution in [0.15, 0.2) is 42.0 Å². The molecule has 2 aromatic carbocycles. The highest BCUT2D eigenvalue weighted by atomic mass is 16.5. The van der Waals surface area contributed by atoms with Gasteiger partial charge in [0.25, 0.3) is 0 Å². The Morgan fingerprint density at radius 3 is 2.63 bits per heavy atom. The summed E-state index contributed by atoms with van der Waals surface area (Å²) < 4.78 is 10.8. The smallest absolute Gasteiger partial charge is 0.193 e. The number of fused-ring (bicyclic) bond motifs is 3. The van der Waals surface area contributed by atoms with E-state index in [2.05, 4.69) is 19.9 Å². The van der Waals surface area contributed by atoms with Crippen LogP contribution in [0.25, 0.3) is 5.57 Å². The minimum atomic E-state index is -0.287. The van der Waals surface area contributed by atoms with Gasteiger partial charge in [-0.15, -0.1) is 0 Å². The van der Waals surface area contributed by atoms with Gasteiger partial charge in [-0.3, -0.25) is 4.79 Å². The number of carbonyl (C=O) groups excluding carboxylic acids is 1. The normalized spacial score (nSPS) is 16.4. The van der Waals surface area contributed by atoms with Gasteiger partial charge in [0.1, 0.15) is 12.4 Å². The zero-order chi connectivity index (χ0) is 19.2. The lowest BCUT2D eigenvalue weighted by Gasteiger charge is -2.34. The van der Waals surface area contributed by atoms with E-state index in [9.17, 15) is 10.1 Å². The highest BCUT2D eigenvalue weighted by Crippen LogP contribution is 2.50. The van der Waals surface area contributed by atoms with Crippen LogP contribution in [-0.4, -0.2) is 26.1 Å². The summed E-state index contributed by atoms with van der Waals surface area (Å²) in [7, 11) is 1.64. The van der Waals surface area contributed by atoms with Gasteiger partial charge < -0.3 is 9.47 Å². The first-order valence-corrected chi connectivity index (χ1v) is 9.05. The van der Waals surface area contributed by atoms with E-state index in [4.69, 9.17) is 9.47 Å². The second-order valence-corrected chi connectivity index (χ2v) is 7.52. The molecule has 4 rings (SSSR count). The molecule has 0 bridgehead atoms. The topological polar surface area (TPSA) is 59.3 Å². The number of benzene rings is 2. The number of ketones is 1. The van der Waals surface area contributed by atoms with Gasteiger partial charge in [0, 0.05) is 23.7 Å². The van der Waals surface area contributed by atoms with Crippen LogP contribution in [0, 0.1) is 11.3 Å². The number of rotatable bonds is 4. The Hall–Kier alpha value is -2.90. The molecule has 0 atom stereocenters. The number of hydrogen-bond donors (Lipinski definition) is 0. The number of carbonyl (C=O) groups is 1. The number of nitriles is 1. The standard InChI is InChI=1S/C23H21NO3/c1-23(2)19-12-16(27-9-8-26-3)5-7-18(19)22(25)21-17-6-4-14(13-24)10-15(17)11-20(21)23/h4-7,10,12H,8-9,11H2,1-3H3. The molecule has 0 saturated carbocycles. The molecule has 0 radical (unpaired) electrons. The first-order chi connectivity index (χ1) is 13.0. The third kappa shape index (κ3) is 2.67. The highest BCUT2D eigenvalue weighted by molar-refractivity contribution is 6.33. The lowest BCUT2D eigenvalue weighted by Crippen LogP contribution is -2.29. The molecule has 0 N–H and O–H groups in total. The van der Waals surface area contributed by atoms with Gasteiger partial charge in [-0.25, -0.2) is 0 Å². The van der Waals surface area contributed by atoms with E-state index in [-0.39, 0.29) is 11.2 Å². The molecule has 27 heavy (non-hydrogen) atoms. The number of Topliss-reactive ketones (excluding diaryl/α,β-unsaturated/α-hetero) is 1. The predicted octanol–water partition coefficient (Wildman–Crippen LogP) is 4.07. The van der Waals surface area contributed by atoms with Gasteiger partial charge in [0.2, 0.25) is 0 Å². The summed E-state index contributed by atoms with van der Waals surface area (Å²) in [6, 6.07) is 13.5. The Kier molecular flexibility index (Phi) is 4.13. The van der Waals surface area contributed by atoms with Crippen LogP contribution < -0.4 is 4.74 Å². The summed E-state index contributed by atoms with van der Waals surface area (Å²) in [5.41, 5.74) is 6.03. The summed E-state index contributed by atoms with van der Waals surface area (Å²) in [5, 5.41) is 9.19. The van der Waals surface area contributed by atoms with Crippen LogP contribution in [0.4, 0.5) is 0 Å². The summed E-state index contributed by atoms with van der Waals surface area (Å²) in [4.78, 5) is 13.3. The second kappa shape index (κ2) is 6.37. The minimum Gasteiger partial charge on any atom is -0.491 e. The van der Waals surface area contributed by atoms with E-state index < -0.39 is 0 Å². The van der Waals surface area contributed by atoms with E-state index in [1.165, 1.54) is 0 Å². The molecule has 0 fully saturated rings. The largest absolute Gasteiger partial charge is 0.491 e. The van der Waals surface area contributed by atoms with E-state index in [0.717, 1.165) is 39.1 Å². The minimum absolute atomic E-state index is 0.0613. The number of methoxy groups -OCH3 is 1. The van der Waals surface area contributed by atoms with Gasteiger partial charge in [-0.05, 0) is 59.0 Å². The fraction of sp³-hybridized carbons (Fsp3) is 0.304. The maximum atomic E-state index is 13.3. The highest BCUT2D eigenvalue weighted by Gasteiger charge is 2.42. The van der Waals surface area contributed by atoms with Crippen molar-refractivity contribution in [3.05, 3.63) is 69.8 Å². The number of nitrogens with zero attached hydrogens (tertiary/aromatic N) is 1. The molecule has 4 nitrogen and oxygen atoms in total. The third-order valence-electron chi connectivity index (χ3n) is 5.62. The lowest BCUT2D eigenvalue weighted by molar-refractivity contribution is 0.105. The van der Waals surface area contributed by atoms with Crippen molar-refractivity contribution in [2.45, 2.75) is 25.7 Å². The number of allylic oxidation sites excluding steroid dienone is 2. The fourth-order valence-electron chi connectivity index (χ4n) is 4.16. The maximum Gasteiger partial charge on any atom is 0.193 e. The van der Waals surface area contributed by atoms with Crippen LogP contribution in [0.1, 0.15) is 46.5 Å². The zero-order valence-electron chi connectivity index (χ0n) is 15.8. The van der Waals surface area contributed by atoms with E-state index in [0.29, 0.717) is 25.2 Å². The maximum absolute atomic E-state index is 13.3. The van der Waals surface area contributed by atoms with Gasteiger partial charge in [-0.1, -0.05) is 19.9 Å². The molecule has 0 unspecified atom stereocenters. The summed E-state index contributed by atoms with van der Waals surface area (Å²) in [5.74, 6) is 0.809. The average Bonchev–Trinajstić information content (AvgIpc) is 3.06. The summed E-state index contributed by atoms with van der Waals surface area (Å²) in [6.07, 6.45) is 0.702. The first-order valence-electron chi connectivity index (χ1n) is 9.05. The third-order valence-corrected chi connectivity index (χ3v) is 5.62. The van der Waals surface area contributed by atoms with Crippen molar-refractivity contribution in [1.82, 2.24) is 0 Å². The Balaban J connectivity index is 1.78. The summed E-state index contributed by atoms with van der Waals surface area (Å²) >= 11 is 0. The van der Waals surface area contributed by atoms with Crippen molar-refractivity contribution in [3.8, 4) is 11.8 Å². The molecule has 0 heterocycles. The van der Waals surface area contributed by atoms with Crippen molar-refractivity contribution in [3.63, 3.8) is 0 Å². The van der Waals surface area contributed by atoms with Crippen molar-refractivity contribution < 1.29 is 14.3 Å². The predicted molar refractivity (Wildman–Crippen MR) is 103 cm³/mol. The molecule has 0 aliphatic heterocycles. The monoisotopic (exact) mass is 359 g/mol. The van der Waals surface area contributed by atoms with E-state index >= 15 is 0 Å². The van der Waals surface area contributed by atoms with Crippen LogP contribution in [0.3, 0.4) is 0 Å². The Morgan fingerprint density at radius 2 is 1.89 bits per heavy atom. The first kappa shape index (κ1) is 17.5. The Bertz CT molecular complexity index is 1020. The van der Waals surface area contributed by atoms with Crippen molar-refractivity contribution in [2.75, 3.05) is 20.3 Å². The van der Waals surface area contributed by atoms with Crippen LogP contribution in [-0.2, 0) is 16.6 Å². The van der Waals surface area contributed by atoms with E-state index in [1.54, 1.807) is 13.2 Å². The van der Waals surface area contributed by atoms with Crippen molar-refractivity contribution in [1.29, 1.82) is 5.26 Å². The number of ether oxygens (including phenoxy) is 2. The molecule has 0 saturated heterocycles. The van der Waals surface area contributed by atoms with Crippen molar-refractivity contribution >= 4 is 11.4 Å². The molecular formula is C23H21NO3. The molecule has 0 aromatic heterocycles. The molecule has 0 amide bonds. The fourth-order valence-corrected chi connectivity index (χ4v) is 4.16. The van der Waals surface area contributed by atoms with Gasteiger partial charge in [0.05, 0.1) is 18.2 Å². The molecule has 136 valence electrons. The molecule has 4 heteroatoms. The molecule has 2 aromatic rings. The Labute approximate surface area is 159 Å². The SMILES string of the molecule is COCCOc1ccc2c(c1)C(C)(C)C1=C(C2=O)c2ccc(C#N)cc2C1. The molecule has 0 spiro atoms. The van der Waals surface area contributed by atoms with E-state index in [1.807, 2.05) is 30.3 Å². The number of hydrogen-bond acceptors (Lipinski definition) is 4. The van der Waals surface area contributed by atoms with Gasteiger partial charge in [-0.2, -0.15) is 5.26 Å². The Morgan fingerprint density at radius 1 is 1.11 bits per heavy atom. The molecule has 2 aliphatic rings. The summed E-state index contributed by atoms with van der Waals surface area (Å²) in [6.45, 7) is 5.30. The van der Waals surface area contributed by atoms with Crippen LogP contribution in [0.5, 0.6) is 5.75 Å². The van der Waals surface area contributed by atoms with Gasteiger partial charge in [0.15, 0.2) is 5.78 Å². The van der Waals surface area contributed by atoms with Crippen LogP contribution in [0.2, 0.25) is 0 Å². The zero-order valence-corrected chi connectivity index (χ0v) is 15.8. The average molecular weight is 359 g/mol. The van der Waals surface area contributed by atoms with Crippen LogP contribution >= 0.6 is 0 Å². The molecular weight excluding hydrogens is 338 g/mol.